The van der Waals surface area contributed by atoms with Crippen LogP contribution in [-0.4, -0.2) is 118 Å². The number of fused-ring (bicyclic) bond motifs is 2. The van der Waals surface area contributed by atoms with Gasteiger partial charge in [0.1, 0.15) is 17.5 Å². The number of methoxy groups -OCH3 is 1. The normalized spacial score (nSPS) is 22.2. The van der Waals surface area contributed by atoms with Crippen molar-refractivity contribution in [3.05, 3.63) is 53.9 Å². The van der Waals surface area contributed by atoms with E-state index in [1.165, 1.54) is 0 Å². The van der Waals surface area contributed by atoms with Crippen molar-refractivity contribution in [1.29, 1.82) is 0 Å². The Balaban J connectivity index is 0.741. The maximum Gasteiger partial charge on any atom is 0.265 e. The molecule has 4 aromatic rings. The number of hydrogen-bond donors (Lipinski definition) is 4. The summed E-state index contributed by atoms with van der Waals surface area (Å²) in [5.74, 6) is 1.17. The molecular formula is C45H58N12O5. The quantitative estimate of drug-likeness (QED) is 0.153. The Morgan fingerprint density at radius 2 is 1.69 bits per heavy atom. The molecule has 1 saturated carbocycles. The highest BCUT2D eigenvalue weighted by molar-refractivity contribution is 6.04. The molecule has 62 heavy (non-hydrogen) atoms. The zero-order valence-electron chi connectivity index (χ0n) is 36.2. The number of rotatable bonds is 11. The molecule has 4 amide bonds. The van der Waals surface area contributed by atoms with Gasteiger partial charge in [-0.3, -0.25) is 34.6 Å². The number of carbonyl (C=O) groups excluding carboxylic acids is 4. The molecule has 3 saturated heterocycles. The third kappa shape index (κ3) is 8.27. The lowest BCUT2D eigenvalue weighted by Crippen LogP contribution is -2.54. The van der Waals surface area contributed by atoms with E-state index in [2.05, 4.69) is 53.4 Å². The summed E-state index contributed by atoms with van der Waals surface area (Å²) in [6, 6.07) is 12.0. The zero-order valence-corrected chi connectivity index (χ0v) is 36.2. The number of likely N-dealkylation sites (tertiary alicyclic amines) is 1. The van der Waals surface area contributed by atoms with Crippen molar-refractivity contribution >= 4 is 63.4 Å². The number of hydrogen-bond acceptors (Lipinski definition) is 13. The minimum absolute atomic E-state index is 0.0406. The van der Waals surface area contributed by atoms with E-state index in [1.54, 1.807) is 37.4 Å². The molecule has 328 valence electrons. The van der Waals surface area contributed by atoms with E-state index in [0.29, 0.717) is 53.4 Å². The SMILES string of the molecule is COc1cc(C(=O)NN2CCC(N3CCC(CNc4ccc5c(C6CCC(=O)NC6=O)nn(C)c5c4)CC3)CC2)ccc1Nc1ncc2c(n1)N(C1CCCC1)[C@H](C)C(=O)N2C. The summed E-state index contributed by atoms with van der Waals surface area (Å²) in [6.07, 6.45) is 11.1. The molecular weight excluding hydrogens is 789 g/mol. The van der Waals surface area contributed by atoms with Crippen LogP contribution in [0, 0.1) is 5.92 Å². The maximum atomic E-state index is 13.5. The third-order valence-electron chi connectivity index (χ3n) is 13.8. The van der Waals surface area contributed by atoms with Crippen molar-refractivity contribution < 1.29 is 23.9 Å². The average Bonchev–Trinajstić information content (AvgIpc) is 3.93. The minimum Gasteiger partial charge on any atom is -0.495 e. The first-order valence-electron chi connectivity index (χ1n) is 22.3. The topological polar surface area (TPSA) is 182 Å². The summed E-state index contributed by atoms with van der Waals surface area (Å²) in [4.78, 5) is 66.7. The van der Waals surface area contributed by atoms with E-state index in [9.17, 15) is 19.2 Å². The van der Waals surface area contributed by atoms with Crippen molar-refractivity contribution in [2.24, 2.45) is 13.0 Å². The van der Waals surface area contributed by atoms with Crippen LogP contribution in [0.5, 0.6) is 5.75 Å². The number of imide groups is 1. The van der Waals surface area contributed by atoms with E-state index in [4.69, 9.17) is 9.72 Å². The summed E-state index contributed by atoms with van der Waals surface area (Å²) in [6.45, 7) is 6.53. The van der Waals surface area contributed by atoms with Crippen LogP contribution in [0.4, 0.5) is 28.8 Å². The summed E-state index contributed by atoms with van der Waals surface area (Å²) in [7, 11) is 5.25. The highest BCUT2D eigenvalue weighted by Gasteiger charge is 2.40. The Hall–Kier alpha value is -5.81. The summed E-state index contributed by atoms with van der Waals surface area (Å²) < 4.78 is 7.55. The minimum atomic E-state index is -0.413. The Morgan fingerprint density at radius 3 is 2.44 bits per heavy atom. The number of aromatic nitrogens is 4. The molecule has 4 N–H and O–H groups in total. The first kappa shape index (κ1) is 41.5. The molecule has 17 heteroatoms. The second kappa shape index (κ2) is 17.5. The van der Waals surface area contributed by atoms with E-state index in [-0.39, 0.29) is 35.7 Å². The molecule has 0 radical (unpaired) electrons. The molecule has 0 bridgehead atoms. The molecule has 9 rings (SSSR count). The van der Waals surface area contributed by atoms with Crippen LogP contribution in [0.25, 0.3) is 10.9 Å². The monoisotopic (exact) mass is 846 g/mol. The Morgan fingerprint density at radius 1 is 0.919 bits per heavy atom. The number of nitrogens with one attached hydrogen (secondary N) is 4. The van der Waals surface area contributed by atoms with Gasteiger partial charge in [0, 0.05) is 68.9 Å². The van der Waals surface area contributed by atoms with E-state index in [0.717, 1.165) is 112 Å². The molecule has 4 fully saturated rings. The van der Waals surface area contributed by atoms with Crippen molar-refractivity contribution in [1.82, 2.24) is 40.4 Å². The number of aryl methyl sites for hydroxylation is 1. The molecule has 5 aliphatic rings. The van der Waals surface area contributed by atoms with Gasteiger partial charge in [-0.25, -0.2) is 9.99 Å². The number of amides is 4. The average molecular weight is 847 g/mol. The van der Waals surface area contributed by atoms with Crippen molar-refractivity contribution in [3.63, 3.8) is 0 Å². The lowest BCUT2D eigenvalue weighted by atomic mass is 9.92. The fourth-order valence-corrected chi connectivity index (χ4v) is 10.2. The standard InChI is InChI=1S/C45H58N12O5/c1-27-44(61)53(2)37-26-47-45(50-41(37)57(27)32-7-5-6-8-32)48-35-13-9-29(23-38(35)62-4)42(59)52-56-21-17-31(18-22-56)55-19-15-28(16-20-55)25-46-30-10-11-33-36(24-30)54(3)51-40(33)34-12-14-39(58)49-43(34)60/h9-11,13,23-24,26-28,31-32,34,46H,5-8,12,14-22,25H2,1-4H3,(H,52,59)(H,47,48,50)(H,49,58,60)/t27-,34?/m1/s1. The van der Waals surface area contributed by atoms with Crippen LogP contribution < -0.4 is 35.9 Å². The summed E-state index contributed by atoms with van der Waals surface area (Å²) in [5, 5.41) is 17.1. The zero-order chi connectivity index (χ0) is 43.1. The number of nitrogens with zero attached hydrogens (tertiary/aromatic N) is 8. The highest BCUT2D eigenvalue weighted by atomic mass is 16.5. The van der Waals surface area contributed by atoms with E-state index in [1.807, 2.05) is 35.8 Å². The van der Waals surface area contributed by atoms with Gasteiger partial charge in [-0.15, -0.1) is 0 Å². The van der Waals surface area contributed by atoms with Crippen LogP contribution in [0.1, 0.15) is 93.1 Å². The van der Waals surface area contributed by atoms with Gasteiger partial charge in [0.2, 0.25) is 23.7 Å². The first-order chi connectivity index (χ1) is 30.0. The summed E-state index contributed by atoms with van der Waals surface area (Å²) >= 11 is 0. The van der Waals surface area contributed by atoms with Gasteiger partial charge in [0.05, 0.1) is 36.1 Å². The van der Waals surface area contributed by atoms with E-state index < -0.39 is 5.92 Å². The number of hydrazine groups is 1. The number of anilines is 5. The van der Waals surface area contributed by atoms with Crippen molar-refractivity contribution in [2.45, 2.75) is 95.2 Å². The molecule has 2 aromatic carbocycles. The van der Waals surface area contributed by atoms with Crippen LogP contribution in [0.15, 0.2) is 42.6 Å². The second-order valence-corrected chi connectivity index (χ2v) is 17.6. The Labute approximate surface area is 361 Å². The number of carbonyl (C=O) groups is 4. The fraction of sp³-hybridized carbons (Fsp3) is 0.533. The first-order valence-corrected chi connectivity index (χ1v) is 22.3. The summed E-state index contributed by atoms with van der Waals surface area (Å²) in [5.41, 5.74) is 7.68. The van der Waals surface area contributed by atoms with E-state index >= 15 is 0 Å². The van der Waals surface area contributed by atoms with Crippen LogP contribution in [-0.2, 0) is 21.4 Å². The van der Waals surface area contributed by atoms with Crippen LogP contribution >= 0.6 is 0 Å². The Bertz CT molecular complexity index is 2350. The van der Waals surface area contributed by atoms with Crippen molar-refractivity contribution in [3.8, 4) is 5.75 Å². The smallest absolute Gasteiger partial charge is 0.265 e. The van der Waals surface area contributed by atoms with Gasteiger partial charge in [-0.2, -0.15) is 10.1 Å². The van der Waals surface area contributed by atoms with Gasteiger partial charge >= 0.3 is 0 Å². The van der Waals surface area contributed by atoms with Gasteiger partial charge in [-0.05, 0) is 107 Å². The molecule has 2 atom stereocenters. The molecule has 1 aliphatic carbocycles. The van der Waals surface area contributed by atoms with Gasteiger partial charge < -0.3 is 30.1 Å². The number of benzene rings is 2. The molecule has 2 aromatic heterocycles. The fourth-order valence-electron chi connectivity index (χ4n) is 10.2. The predicted molar refractivity (Wildman–Crippen MR) is 237 cm³/mol. The van der Waals surface area contributed by atoms with Gasteiger partial charge in [-0.1, -0.05) is 12.8 Å². The van der Waals surface area contributed by atoms with Gasteiger partial charge in [0.15, 0.2) is 5.82 Å². The third-order valence-corrected chi connectivity index (χ3v) is 13.8. The largest absolute Gasteiger partial charge is 0.495 e. The molecule has 6 heterocycles. The molecule has 0 spiro atoms. The maximum absolute atomic E-state index is 13.5. The van der Waals surface area contributed by atoms with Crippen LogP contribution in [0.2, 0.25) is 0 Å². The lowest BCUT2D eigenvalue weighted by Gasteiger charge is -2.42. The second-order valence-electron chi connectivity index (χ2n) is 17.6. The number of likely N-dealkylation sites (N-methyl/N-ethyl adjacent to an activating group) is 1. The van der Waals surface area contributed by atoms with Gasteiger partial charge in [0.25, 0.3) is 5.91 Å². The Kier molecular flexibility index (Phi) is 11.7. The van der Waals surface area contributed by atoms with Crippen LogP contribution in [0.3, 0.4) is 0 Å². The lowest BCUT2D eigenvalue weighted by molar-refractivity contribution is -0.134. The molecule has 17 nitrogen and oxygen atoms in total. The number of piperidine rings is 3. The predicted octanol–water partition coefficient (Wildman–Crippen LogP) is 4.68. The number of ether oxygens (including phenoxy) is 1. The van der Waals surface area contributed by atoms with Crippen molar-refractivity contribution in [2.75, 3.05) is 67.3 Å². The molecule has 1 unspecified atom stereocenters. The highest BCUT2D eigenvalue weighted by Crippen LogP contribution is 2.40. The molecule has 4 aliphatic heterocycles.